The maximum Gasteiger partial charge on any atom is 0.253 e. The zero-order valence-corrected chi connectivity index (χ0v) is 20.3. The summed E-state index contributed by atoms with van der Waals surface area (Å²) >= 11 is 0. The van der Waals surface area contributed by atoms with E-state index in [4.69, 9.17) is 9.47 Å². The van der Waals surface area contributed by atoms with Gasteiger partial charge in [0.2, 0.25) is 0 Å². The highest BCUT2D eigenvalue weighted by molar-refractivity contribution is 5.83. The molecule has 10 nitrogen and oxygen atoms in total. The predicted molar refractivity (Wildman–Crippen MR) is 134 cm³/mol. The number of ether oxygens (including phenoxy) is 2. The van der Waals surface area contributed by atoms with Crippen molar-refractivity contribution in [2.75, 3.05) is 45.9 Å². The summed E-state index contributed by atoms with van der Waals surface area (Å²) in [7, 11) is 0. The average Bonchev–Trinajstić information content (AvgIpc) is 3.36. The third kappa shape index (κ3) is 4.33. The summed E-state index contributed by atoms with van der Waals surface area (Å²) in [6.45, 7) is 8.20. The molecular weight excluding hydrogens is 458 g/mol. The Morgan fingerprint density at radius 2 is 1.75 bits per heavy atom. The lowest BCUT2D eigenvalue weighted by molar-refractivity contribution is 0.108. The van der Waals surface area contributed by atoms with E-state index in [9.17, 15) is 4.79 Å². The van der Waals surface area contributed by atoms with Gasteiger partial charge in [-0.05, 0) is 34.7 Å². The van der Waals surface area contributed by atoms with E-state index in [-0.39, 0.29) is 11.6 Å². The number of H-pyrrole nitrogens is 1. The molecule has 0 radical (unpaired) electrons. The number of pyridine rings is 1. The molecule has 1 fully saturated rings. The number of aromatic amines is 1. The Hall–Kier alpha value is -3.76. The molecule has 4 aromatic rings. The molecular formula is C26H29N7O3. The highest BCUT2D eigenvalue weighted by atomic mass is 16.6. The van der Waals surface area contributed by atoms with Gasteiger partial charge in [0, 0.05) is 43.2 Å². The standard InChI is InChI=1S/C26H29N7O3/c1-2-31-8-10-32(11-9-31)24(25-28-29-30-33(25)17-18-6-4-3-5-7-18)20-14-19-15-22-23(36-13-12-35-22)16-21(19)27-26(20)34/h3-7,14-16,24H,2,8-13,17H2,1H3,(H,27,34)/t24-/m0/s1. The minimum absolute atomic E-state index is 0.156. The van der Waals surface area contributed by atoms with Crippen LogP contribution in [-0.2, 0) is 6.54 Å². The lowest BCUT2D eigenvalue weighted by Crippen LogP contribution is -2.49. The fourth-order valence-electron chi connectivity index (χ4n) is 5.08. The summed E-state index contributed by atoms with van der Waals surface area (Å²) in [4.78, 5) is 21.3. The van der Waals surface area contributed by atoms with Crippen LogP contribution in [0.2, 0.25) is 0 Å². The first-order chi connectivity index (χ1) is 17.7. The van der Waals surface area contributed by atoms with E-state index in [0.29, 0.717) is 48.2 Å². The first kappa shape index (κ1) is 22.7. The molecule has 36 heavy (non-hydrogen) atoms. The number of likely N-dealkylation sites (N-methyl/N-ethyl adjacent to an activating group) is 1. The Kier molecular flexibility index (Phi) is 6.12. The molecule has 0 unspecified atom stereocenters. The summed E-state index contributed by atoms with van der Waals surface area (Å²) < 4.78 is 13.3. The molecule has 2 aromatic heterocycles. The van der Waals surface area contributed by atoms with Crippen molar-refractivity contribution in [1.29, 1.82) is 0 Å². The zero-order valence-electron chi connectivity index (χ0n) is 20.3. The third-order valence-corrected chi connectivity index (χ3v) is 7.03. The van der Waals surface area contributed by atoms with Gasteiger partial charge in [0.05, 0.1) is 12.1 Å². The van der Waals surface area contributed by atoms with E-state index in [1.54, 1.807) is 4.68 Å². The molecule has 0 bridgehead atoms. The van der Waals surface area contributed by atoms with Gasteiger partial charge in [-0.3, -0.25) is 9.69 Å². The third-order valence-electron chi connectivity index (χ3n) is 7.03. The van der Waals surface area contributed by atoms with E-state index in [1.807, 2.05) is 36.4 Å². The van der Waals surface area contributed by atoms with Crippen LogP contribution in [0.25, 0.3) is 10.9 Å². The first-order valence-electron chi connectivity index (χ1n) is 12.4. The maximum atomic E-state index is 13.5. The van der Waals surface area contributed by atoms with Crippen molar-refractivity contribution >= 4 is 10.9 Å². The molecule has 186 valence electrons. The van der Waals surface area contributed by atoms with Crippen LogP contribution >= 0.6 is 0 Å². The lowest BCUT2D eigenvalue weighted by Gasteiger charge is -2.38. The Morgan fingerprint density at radius 1 is 1.00 bits per heavy atom. The van der Waals surface area contributed by atoms with E-state index in [0.717, 1.165) is 43.7 Å². The van der Waals surface area contributed by atoms with Crippen molar-refractivity contribution in [3.8, 4) is 11.5 Å². The van der Waals surface area contributed by atoms with Crippen molar-refractivity contribution in [1.82, 2.24) is 35.0 Å². The summed E-state index contributed by atoms with van der Waals surface area (Å²) in [5.74, 6) is 2.00. The molecule has 2 aromatic carbocycles. The van der Waals surface area contributed by atoms with E-state index >= 15 is 0 Å². The van der Waals surface area contributed by atoms with E-state index in [1.165, 1.54) is 0 Å². The summed E-state index contributed by atoms with van der Waals surface area (Å²) in [6, 6.07) is 15.4. The van der Waals surface area contributed by atoms with Crippen LogP contribution in [0.3, 0.4) is 0 Å². The van der Waals surface area contributed by atoms with Crippen molar-refractivity contribution in [2.45, 2.75) is 19.5 Å². The molecule has 0 amide bonds. The Bertz CT molecular complexity index is 1410. The molecule has 1 saturated heterocycles. The Balaban J connectivity index is 1.44. The molecule has 1 N–H and O–H groups in total. The number of piperazine rings is 1. The monoisotopic (exact) mass is 487 g/mol. The van der Waals surface area contributed by atoms with Crippen LogP contribution in [0.4, 0.5) is 0 Å². The van der Waals surface area contributed by atoms with E-state index in [2.05, 4.69) is 49.4 Å². The van der Waals surface area contributed by atoms with Crippen LogP contribution in [0, 0.1) is 0 Å². The van der Waals surface area contributed by atoms with Crippen molar-refractivity contribution in [2.24, 2.45) is 0 Å². The number of nitrogens with one attached hydrogen (secondary N) is 1. The van der Waals surface area contributed by atoms with Crippen LogP contribution in [0.5, 0.6) is 11.5 Å². The quantitative estimate of drug-likeness (QED) is 0.441. The fourth-order valence-corrected chi connectivity index (χ4v) is 5.08. The van der Waals surface area contributed by atoms with Crippen molar-refractivity contribution in [3.63, 3.8) is 0 Å². The molecule has 4 heterocycles. The summed E-state index contributed by atoms with van der Waals surface area (Å²) in [6.07, 6.45) is 0. The number of fused-ring (bicyclic) bond motifs is 2. The van der Waals surface area contributed by atoms with Crippen LogP contribution in [0.1, 0.15) is 29.9 Å². The smallest absolute Gasteiger partial charge is 0.253 e. The normalized spacial score (nSPS) is 17.4. The topological polar surface area (TPSA) is 101 Å². The summed E-state index contributed by atoms with van der Waals surface area (Å²) in [5.41, 5.74) is 2.27. The van der Waals surface area contributed by atoms with Crippen LogP contribution < -0.4 is 15.0 Å². The second kappa shape index (κ2) is 9.71. The number of hydrogen-bond donors (Lipinski definition) is 1. The van der Waals surface area contributed by atoms with Crippen LogP contribution in [-0.4, -0.2) is 80.9 Å². The van der Waals surface area contributed by atoms with Crippen molar-refractivity contribution in [3.05, 3.63) is 75.8 Å². The maximum absolute atomic E-state index is 13.5. The largest absolute Gasteiger partial charge is 0.486 e. The highest BCUT2D eigenvalue weighted by Gasteiger charge is 2.32. The van der Waals surface area contributed by atoms with Gasteiger partial charge in [0.25, 0.3) is 5.56 Å². The fraction of sp³-hybridized carbons (Fsp3) is 0.385. The van der Waals surface area contributed by atoms with Gasteiger partial charge in [-0.2, -0.15) is 0 Å². The molecule has 10 heteroatoms. The lowest BCUT2D eigenvalue weighted by atomic mass is 10.0. The SMILES string of the molecule is CCN1CCN([C@@H](c2cc3cc4c(cc3[nH]c2=O)OCCO4)c2nnnn2Cc2ccccc2)CC1. The van der Waals surface area contributed by atoms with Gasteiger partial charge in [0.1, 0.15) is 19.3 Å². The predicted octanol–water partition coefficient (Wildman–Crippen LogP) is 2.06. The average molecular weight is 488 g/mol. The van der Waals surface area contributed by atoms with Gasteiger partial charge in [0.15, 0.2) is 17.3 Å². The second-order valence-corrected chi connectivity index (χ2v) is 9.19. The molecule has 0 saturated carbocycles. The molecule has 1 atom stereocenters. The van der Waals surface area contributed by atoms with Gasteiger partial charge >= 0.3 is 0 Å². The minimum atomic E-state index is -0.385. The Labute approximate surface area is 208 Å². The minimum Gasteiger partial charge on any atom is -0.486 e. The van der Waals surface area contributed by atoms with Gasteiger partial charge in [-0.25, -0.2) is 4.68 Å². The van der Waals surface area contributed by atoms with E-state index < -0.39 is 0 Å². The first-order valence-corrected chi connectivity index (χ1v) is 12.4. The Morgan fingerprint density at radius 3 is 2.50 bits per heavy atom. The van der Waals surface area contributed by atoms with Gasteiger partial charge in [-0.15, -0.1) is 5.10 Å². The molecule has 6 rings (SSSR count). The molecule has 2 aliphatic rings. The van der Waals surface area contributed by atoms with Crippen LogP contribution in [0.15, 0.2) is 53.3 Å². The number of hydrogen-bond acceptors (Lipinski definition) is 8. The highest BCUT2D eigenvalue weighted by Crippen LogP contribution is 2.35. The number of aromatic nitrogens is 5. The number of rotatable bonds is 6. The van der Waals surface area contributed by atoms with Crippen molar-refractivity contribution < 1.29 is 9.47 Å². The zero-order chi connectivity index (χ0) is 24.5. The summed E-state index contributed by atoms with van der Waals surface area (Å²) in [5, 5.41) is 13.6. The van der Waals surface area contributed by atoms with Gasteiger partial charge in [-0.1, -0.05) is 37.3 Å². The molecule has 0 aliphatic carbocycles. The second-order valence-electron chi connectivity index (χ2n) is 9.19. The molecule has 0 spiro atoms. The molecule has 2 aliphatic heterocycles. The number of benzene rings is 2. The van der Waals surface area contributed by atoms with Gasteiger partial charge < -0.3 is 19.4 Å². The number of tetrazole rings is 1. The number of nitrogens with zero attached hydrogens (tertiary/aromatic N) is 6.